The minimum absolute atomic E-state index is 0.397. The minimum Gasteiger partial charge on any atom is -0.480 e. The highest BCUT2D eigenvalue weighted by Gasteiger charge is 2.57. The van der Waals surface area contributed by atoms with Gasteiger partial charge in [-0.05, 0) is 49.9 Å². The Morgan fingerprint density at radius 2 is 1.76 bits per heavy atom. The molecule has 1 aromatic carbocycles. The van der Waals surface area contributed by atoms with Crippen molar-refractivity contribution in [2.45, 2.75) is 48.7 Å². The van der Waals surface area contributed by atoms with E-state index in [0.717, 1.165) is 0 Å². The number of carboxylic acid groups (broad SMARTS) is 1. The largest absolute Gasteiger partial charge is 0.480 e. The Bertz CT molecular complexity index is 545. The van der Waals surface area contributed by atoms with Crippen LogP contribution in [0, 0.1) is 5.41 Å². The molecule has 1 amide bonds. The van der Waals surface area contributed by atoms with Crippen LogP contribution in [0.1, 0.15) is 38.5 Å². The molecule has 2 aliphatic rings. The zero-order valence-electron chi connectivity index (χ0n) is 11.8. The highest BCUT2D eigenvalue weighted by atomic mass is 32.2. The molecule has 0 atom stereocenters. The van der Waals surface area contributed by atoms with Crippen molar-refractivity contribution in [3.63, 3.8) is 0 Å². The van der Waals surface area contributed by atoms with Gasteiger partial charge in [0.15, 0.2) is 0 Å². The number of carbonyl (C=O) groups is 2. The maximum Gasteiger partial charge on any atom is 0.319 e. The van der Waals surface area contributed by atoms with E-state index in [-0.39, 0.29) is 0 Å². The third kappa shape index (κ3) is 3.07. The third-order valence-electron chi connectivity index (χ3n) is 4.31. The lowest BCUT2D eigenvalue weighted by molar-refractivity contribution is -0.147. The molecule has 2 aliphatic carbocycles. The van der Waals surface area contributed by atoms with Crippen molar-refractivity contribution in [3.05, 3.63) is 24.3 Å². The molecule has 3 rings (SSSR count). The molecule has 0 spiro atoms. The molecule has 0 heterocycles. The monoisotopic (exact) mass is 305 g/mol. The van der Waals surface area contributed by atoms with E-state index in [2.05, 4.69) is 5.32 Å². The Balaban J connectivity index is 1.59. The third-order valence-corrected chi connectivity index (χ3v) is 5.66. The lowest BCUT2D eigenvalue weighted by Crippen LogP contribution is -2.31. The molecular weight excluding hydrogens is 286 g/mol. The number of amides is 1. The van der Waals surface area contributed by atoms with E-state index in [0.29, 0.717) is 23.8 Å². The Morgan fingerprint density at radius 3 is 2.29 bits per heavy atom. The standard InChI is InChI=1S/C16H19NO3S/c18-14(16(9-10-16)15(19)20)17-11-5-7-13(8-6-11)21-12-3-1-2-4-12/h5-8,12H,1-4,9-10H2,(H,17,18)(H,19,20). The van der Waals surface area contributed by atoms with E-state index in [1.165, 1.54) is 30.6 Å². The van der Waals surface area contributed by atoms with Gasteiger partial charge in [-0.1, -0.05) is 12.8 Å². The number of carbonyl (C=O) groups excluding carboxylic acids is 1. The second-order valence-corrected chi connectivity index (χ2v) is 7.26. The van der Waals surface area contributed by atoms with Gasteiger partial charge in [-0.2, -0.15) is 0 Å². The Kier molecular flexibility index (Phi) is 3.93. The van der Waals surface area contributed by atoms with Crippen molar-refractivity contribution >= 4 is 29.3 Å². The van der Waals surface area contributed by atoms with Gasteiger partial charge in [-0.25, -0.2) is 0 Å². The summed E-state index contributed by atoms with van der Waals surface area (Å²) in [6, 6.07) is 7.71. The first-order chi connectivity index (χ1) is 10.1. The normalized spacial score (nSPS) is 20.2. The smallest absolute Gasteiger partial charge is 0.319 e. The van der Waals surface area contributed by atoms with Gasteiger partial charge in [0.2, 0.25) is 5.91 Å². The summed E-state index contributed by atoms with van der Waals surface area (Å²) in [6.07, 6.45) is 6.08. The molecule has 0 aliphatic heterocycles. The van der Waals surface area contributed by atoms with Crippen LogP contribution in [0.2, 0.25) is 0 Å². The topological polar surface area (TPSA) is 66.4 Å². The Labute approximate surface area is 128 Å². The first-order valence-electron chi connectivity index (χ1n) is 7.42. The number of carboxylic acids is 1. The van der Waals surface area contributed by atoms with Crippen LogP contribution >= 0.6 is 11.8 Å². The molecule has 2 fully saturated rings. The predicted octanol–water partition coefficient (Wildman–Crippen LogP) is 3.52. The van der Waals surface area contributed by atoms with E-state index in [9.17, 15) is 9.59 Å². The molecule has 4 nitrogen and oxygen atoms in total. The van der Waals surface area contributed by atoms with E-state index in [1.807, 2.05) is 36.0 Å². The van der Waals surface area contributed by atoms with Crippen molar-refractivity contribution in [2.24, 2.45) is 5.41 Å². The van der Waals surface area contributed by atoms with Gasteiger partial charge in [0.05, 0.1) is 0 Å². The van der Waals surface area contributed by atoms with Crippen LogP contribution in [0.15, 0.2) is 29.2 Å². The van der Waals surface area contributed by atoms with Crippen LogP contribution in [-0.2, 0) is 9.59 Å². The van der Waals surface area contributed by atoms with Crippen LogP contribution in [0.5, 0.6) is 0 Å². The quantitative estimate of drug-likeness (QED) is 0.817. The number of aliphatic carboxylic acids is 1. The van der Waals surface area contributed by atoms with Gasteiger partial charge in [0.1, 0.15) is 5.41 Å². The van der Waals surface area contributed by atoms with Gasteiger partial charge in [-0.15, -0.1) is 11.8 Å². The SMILES string of the molecule is O=C(O)C1(C(=O)Nc2ccc(SC3CCCC3)cc2)CC1. The zero-order valence-corrected chi connectivity index (χ0v) is 12.6. The molecule has 0 saturated heterocycles. The molecule has 2 saturated carbocycles. The highest BCUT2D eigenvalue weighted by molar-refractivity contribution is 8.00. The Morgan fingerprint density at radius 1 is 1.14 bits per heavy atom. The number of benzene rings is 1. The predicted molar refractivity (Wildman–Crippen MR) is 82.5 cm³/mol. The first kappa shape index (κ1) is 14.4. The van der Waals surface area contributed by atoms with E-state index < -0.39 is 17.3 Å². The second-order valence-electron chi connectivity index (χ2n) is 5.89. The summed E-state index contributed by atoms with van der Waals surface area (Å²) in [5.74, 6) is -1.42. The van der Waals surface area contributed by atoms with Crippen molar-refractivity contribution in [1.82, 2.24) is 0 Å². The molecule has 0 aromatic heterocycles. The summed E-state index contributed by atoms with van der Waals surface area (Å²) in [5.41, 5.74) is -0.514. The number of thioether (sulfide) groups is 1. The van der Waals surface area contributed by atoms with Gasteiger partial charge in [0, 0.05) is 15.8 Å². The molecule has 112 valence electrons. The van der Waals surface area contributed by atoms with E-state index >= 15 is 0 Å². The molecule has 21 heavy (non-hydrogen) atoms. The van der Waals surface area contributed by atoms with Crippen LogP contribution in [-0.4, -0.2) is 22.2 Å². The fraction of sp³-hybridized carbons (Fsp3) is 0.500. The molecule has 0 radical (unpaired) electrons. The fourth-order valence-corrected chi connectivity index (χ4v) is 3.98. The van der Waals surface area contributed by atoms with Gasteiger partial charge in [0.25, 0.3) is 0 Å². The molecule has 2 N–H and O–H groups in total. The Hall–Kier alpha value is -1.49. The van der Waals surface area contributed by atoms with Gasteiger partial charge in [-0.3, -0.25) is 9.59 Å². The highest BCUT2D eigenvalue weighted by Crippen LogP contribution is 2.46. The summed E-state index contributed by atoms with van der Waals surface area (Å²) in [6.45, 7) is 0. The molecule has 0 unspecified atom stereocenters. The molecule has 5 heteroatoms. The zero-order chi connectivity index (χ0) is 14.9. The van der Waals surface area contributed by atoms with Crippen LogP contribution in [0.3, 0.4) is 0 Å². The number of hydrogen-bond acceptors (Lipinski definition) is 3. The fourth-order valence-electron chi connectivity index (χ4n) is 2.73. The summed E-state index contributed by atoms with van der Waals surface area (Å²) < 4.78 is 0. The minimum atomic E-state index is -1.18. The summed E-state index contributed by atoms with van der Waals surface area (Å²) >= 11 is 1.89. The van der Waals surface area contributed by atoms with Crippen molar-refractivity contribution in [2.75, 3.05) is 5.32 Å². The summed E-state index contributed by atoms with van der Waals surface area (Å²) in [5, 5.41) is 12.5. The van der Waals surface area contributed by atoms with E-state index in [1.54, 1.807) is 0 Å². The molecule has 0 bridgehead atoms. The summed E-state index contributed by atoms with van der Waals surface area (Å²) in [4.78, 5) is 24.3. The van der Waals surface area contributed by atoms with Crippen molar-refractivity contribution < 1.29 is 14.7 Å². The lowest BCUT2D eigenvalue weighted by Gasteiger charge is -2.12. The van der Waals surface area contributed by atoms with Gasteiger partial charge >= 0.3 is 5.97 Å². The van der Waals surface area contributed by atoms with Crippen molar-refractivity contribution in [1.29, 1.82) is 0 Å². The molecule has 1 aromatic rings. The maximum absolute atomic E-state index is 12.0. The molecular formula is C16H19NO3S. The number of rotatable bonds is 5. The van der Waals surface area contributed by atoms with Crippen LogP contribution in [0.4, 0.5) is 5.69 Å². The van der Waals surface area contributed by atoms with Crippen LogP contribution in [0.25, 0.3) is 0 Å². The average molecular weight is 305 g/mol. The number of hydrogen-bond donors (Lipinski definition) is 2. The number of nitrogens with one attached hydrogen (secondary N) is 1. The second kappa shape index (κ2) is 5.72. The maximum atomic E-state index is 12.0. The van der Waals surface area contributed by atoms with Crippen molar-refractivity contribution in [3.8, 4) is 0 Å². The number of anilines is 1. The average Bonchev–Trinajstić information content (AvgIpc) is 3.14. The lowest BCUT2D eigenvalue weighted by atomic mass is 10.1. The summed E-state index contributed by atoms with van der Waals surface area (Å²) in [7, 11) is 0. The first-order valence-corrected chi connectivity index (χ1v) is 8.30. The van der Waals surface area contributed by atoms with Crippen LogP contribution < -0.4 is 5.32 Å². The van der Waals surface area contributed by atoms with E-state index in [4.69, 9.17) is 5.11 Å². The van der Waals surface area contributed by atoms with Gasteiger partial charge < -0.3 is 10.4 Å².